The molecule has 1 amide bonds. The number of carbonyl (C=O) groups is 2. The second-order valence-corrected chi connectivity index (χ2v) is 5.55. The van der Waals surface area contributed by atoms with Gasteiger partial charge >= 0.3 is 5.97 Å². The van der Waals surface area contributed by atoms with Gasteiger partial charge in [0.1, 0.15) is 5.75 Å². The lowest BCUT2D eigenvalue weighted by atomic mass is 10.2. The molecular weight excluding hydrogens is 341 g/mol. The third kappa shape index (κ3) is 4.61. The van der Waals surface area contributed by atoms with E-state index in [1.165, 1.54) is 30.3 Å². The number of ether oxygens (including phenoxy) is 1. The Hall–Kier alpha value is -2.24. The molecule has 0 aromatic heterocycles. The van der Waals surface area contributed by atoms with Gasteiger partial charge in [0.15, 0.2) is 6.10 Å². The van der Waals surface area contributed by atoms with E-state index in [0.717, 1.165) is 0 Å². The lowest BCUT2D eigenvalue weighted by molar-refractivity contribution is -0.122. The van der Waals surface area contributed by atoms with E-state index in [1.54, 1.807) is 19.1 Å². The summed E-state index contributed by atoms with van der Waals surface area (Å²) in [6, 6.07) is 10.5. The summed E-state index contributed by atoms with van der Waals surface area (Å²) in [6.07, 6.45) is -0.798. The van der Waals surface area contributed by atoms with Crippen molar-refractivity contribution in [2.75, 3.05) is 5.32 Å². The number of anilines is 1. The molecular formula is C16H13Cl2NO4. The number of nitrogens with one attached hydrogen (secondary N) is 1. The van der Waals surface area contributed by atoms with Crippen LogP contribution in [-0.2, 0) is 4.79 Å². The van der Waals surface area contributed by atoms with Crippen molar-refractivity contribution in [3.05, 3.63) is 58.1 Å². The maximum absolute atomic E-state index is 12.1. The van der Waals surface area contributed by atoms with E-state index in [2.05, 4.69) is 5.32 Å². The second kappa shape index (κ2) is 7.35. The molecule has 0 aliphatic rings. The fourth-order valence-corrected chi connectivity index (χ4v) is 2.21. The van der Waals surface area contributed by atoms with Crippen LogP contribution in [-0.4, -0.2) is 23.1 Å². The maximum Gasteiger partial charge on any atom is 0.335 e. The van der Waals surface area contributed by atoms with Gasteiger partial charge in [0.25, 0.3) is 5.91 Å². The highest BCUT2D eigenvalue weighted by atomic mass is 35.5. The second-order valence-electron chi connectivity index (χ2n) is 4.71. The molecule has 0 aliphatic carbocycles. The molecule has 120 valence electrons. The zero-order valence-electron chi connectivity index (χ0n) is 12.0. The zero-order chi connectivity index (χ0) is 17.0. The summed E-state index contributed by atoms with van der Waals surface area (Å²) in [5, 5.41) is 12.2. The fourth-order valence-electron chi connectivity index (χ4n) is 1.75. The van der Waals surface area contributed by atoms with Gasteiger partial charge in [0.05, 0.1) is 10.6 Å². The van der Waals surface area contributed by atoms with Crippen LogP contribution in [0.3, 0.4) is 0 Å². The Bertz CT molecular complexity index is 731. The van der Waals surface area contributed by atoms with E-state index in [4.69, 9.17) is 33.0 Å². The molecule has 2 rings (SSSR count). The molecule has 0 heterocycles. The van der Waals surface area contributed by atoms with E-state index in [1.807, 2.05) is 0 Å². The third-order valence-corrected chi connectivity index (χ3v) is 3.50. The van der Waals surface area contributed by atoms with Crippen LogP contribution in [0.5, 0.6) is 5.75 Å². The summed E-state index contributed by atoms with van der Waals surface area (Å²) < 4.78 is 5.50. The van der Waals surface area contributed by atoms with Crippen LogP contribution in [0.4, 0.5) is 5.69 Å². The number of hydrogen-bond donors (Lipinski definition) is 2. The molecule has 0 unspecified atom stereocenters. The Morgan fingerprint density at radius 1 is 1.13 bits per heavy atom. The van der Waals surface area contributed by atoms with E-state index < -0.39 is 12.1 Å². The number of halogens is 2. The number of hydrogen-bond acceptors (Lipinski definition) is 3. The number of carboxylic acid groups (broad SMARTS) is 1. The average molecular weight is 354 g/mol. The molecule has 0 aliphatic heterocycles. The van der Waals surface area contributed by atoms with Crippen molar-refractivity contribution in [2.45, 2.75) is 13.0 Å². The summed E-state index contributed by atoms with van der Waals surface area (Å²) in [6.45, 7) is 1.58. The first-order chi connectivity index (χ1) is 10.9. The van der Waals surface area contributed by atoms with Crippen molar-refractivity contribution < 1.29 is 19.4 Å². The standard InChI is InChI=1S/C16H13Cl2NO4/c1-9(23-14-7-4-11(17)8-13(14)18)15(20)19-12-5-2-10(3-6-12)16(21)22/h2-9H,1H3,(H,19,20)(H,21,22)/t9-/m0/s1. The average Bonchev–Trinajstić information content (AvgIpc) is 2.50. The van der Waals surface area contributed by atoms with Gasteiger partial charge in [-0.05, 0) is 49.4 Å². The van der Waals surface area contributed by atoms with Gasteiger partial charge in [0, 0.05) is 10.7 Å². The SMILES string of the molecule is C[C@H](Oc1ccc(Cl)cc1Cl)C(=O)Nc1ccc(C(=O)O)cc1. The Labute approximate surface area is 142 Å². The zero-order valence-corrected chi connectivity index (χ0v) is 13.6. The minimum absolute atomic E-state index is 0.139. The van der Waals surface area contributed by atoms with Crippen LogP contribution >= 0.6 is 23.2 Å². The van der Waals surface area contributed by atoms with Crippen molar-refractivity contribution in [1.29, 1.82) is 0 Å². The molecule has 0 radical (unpaired) electrons. The van der Waals surface area contributed by atoms with Gasteiger partial charge < -0.3 is 15.2 Å². The van der Waals surface area contributed by atoms with E-state index in [9.17, 15) is 9.59 Å². The topological polar surface area (TPSA) is 75.6 Å². The van der Waals surface area contributed by atoms with Crippen LogP contribution < -0.4 is 10.1 Å². The van der Waals surface area contributed by atoms with Crippen LogP contribution in [0, 0.1) is 0 Å². The molecule has 2 N–H and O–H groups in total. The molecule has 2 aromatic rings. The van der Waals surface area contributed by atoms with E-state index in [-0.39, 0.29) is 11.5 Å². The molecule has 0 fully saturated rings. The van der Waals surface area contributed by atoms with Gasteiger partial charge in [-0.3, -0.25) is 4.79 Å². The van der Waals surface area contributed by atoms with Crippen molar-refractivity contribution >= 4 is 40.8 Å². The number of carboxylic acids is 1. The first kappa shape index (κ1) is 17.1. The van der Waals surface area contributed by atoms with Crippen LogP contribution in [0.15, 0.2) is 42.5 Å². The van der Waals surface area contributed by atoms with Gasteiger partial charge in [-0.2, -0.15) is 0 Å². The first-order valence-corrected chi connectivity index (χ1v) is 7.38. The van der Waals surface area contributed by atoms with E-state index in [0.29, 0.717) is 21.5 Å². The third-order valence-electron chi connectivity index (χ3n) is 2.97. The number of amides is 1. The minimum atomic E-state index is -1.03. The predicted molar refractivity (Wildman–Crippen MR) is 88.6 cm³/mol. The number of aromatic carboxylic acids is 1. The van der Waals surface area contributed by atoms with Crippen molar-refractivity contribution in [2.24, 2.45) is 0 Å². The molecule has 1 atom stereocenters. The first-order valence-electron chi connectivity index (χ1n) is 6.63. The molecule has 7 heteroatoms. The molecule has 0 spiro atoms. The highest BCUT2D eigenvalue weighted by Crippen LogP contribution is 2.28. The van der Waals surface area contributed by atoms with Gasteiger partial charge in [-0.25, -0.2) is 4.79 Å². The highest BCUT2D eigenvalue weighted by molar-refractivity contribution is 6.35. The lowest BCUT2D eigenvalue weighted by Gasteiger charge is -2.15. The van der Waals surface area contributed by atoms with Gasteiger partial charge in [-0.15, -0.1) is 0 Å². The number of benzene rings is 2. The smallest absolute Gasteiger partial charge is 0.335 e. The summed E-state index contributed by atoms with van der Waals surface area (Å²) >= 11 is 11.8. The summed E-state index contributed by atoms with van der Waals surface area (Å²) in [5.41, 5.74) is 0.609. The molecule has 23 heavy (non-hydrogen) atoms. The van der Waals surface area contributed by atoms with Gasteiger partial charge in [-0.1, -0.05) is 23.2 Å². The number of rotatable bonds is 5. The van der Waals surface area contributed by atoms with Crippen LogP contribution in [0.25, 0.3) is 0 Å². The summed E-state index contributed by atoms with van der Waals surface area (Å²) in [5.74, 6) is -1.07. The Morgan fingerprint density at radius 2 is 1.78 bits per heavy atom. The quantitative estimate of drug-likeness (QED) is 0.848. The normalized spacial score (nSPS) is 11.6. The molecule has 5 nitrogen and oxygen atoms in total. The Morgan fingerprint density at radius 3 is 2.35 bits per heavy atom. The summed E-state index contributed by atoms with van der Waals surface area (Å²) in [7, 11) is 0. The van der Waals surface area contributed by atoms with Gasteiger partial charge in [0.2, 0.25) is 0 Å². The maximum atomic E-state index is 12.1. The fraction of sp³-hybridized carbons (Fsp3) is 0.125. The monoisotopic (exact) mass is 353 g/mol. The largest absolute Gasteiger partial charge is 0.479 e. The number of carbonyl (C=O) groups excluding carboxylic acids is 1. The summed E-state index contributed by atoms with van der Waals surface area (Å²) in [4.78, 5) is 22.9. The lowest BCUT2D eigenvalue weighted by Crippen LogP contribution is -2.30. The predicted octanol–water partition coefficient (Wildman–Crippen LogP) is 4.10. The van der Waals surface area contributed by atoms with Crippen molar-refractivity contribution in [3.8, 4) is 5.75 Å². The Kier molecular flexibility index (Phi) is 5.47. The van der Waals surface area contributed by atoms with E-state index >= 15 is 0 Å². The molecule has 0 bridgehead atoms. The highest BCUT2D eigenvalue weighted by Gasteiger charge is 2.16. The van der Waals surface area contributed by atoms with Crippen molar-refractivity contribution in [1.82, 2.24) is 0 Å². The van der Waals surface area contributed by atoms with Crippen LogP contribution in [0.1, 0.15) is 17.3 Å². The Balaban J connectivity index is 2.00. The molecule has 0 saturated carbocycles. The minimum Gasteiger partial charge on any atom is -0.479 e. The molecule has 0 saturated heterocycles. The van der Waals surface area contributed by atoms with Crippen LogP contribution in [0.2, 0.25) is 10.0 Å². The molecule has 2 aromatic carbocycles. The van der Waals surface area contributed by atoms with Crippen molar-refractivity contribution in [3.63, 3.8) is 0 Å².